The zero-order chi connectivity index (χ0) is 40.5. The molecule has 4 nitrogen and oxygen atoms in total. The summed E-state index contributed by atoms with van der Waals surface area (Å²) in [4.78, 5) is 10.4. The average Bonchev–Trinajstić information content (AvgIpc) is 3.76. The van der Waals surface area contributed by atoms with Crippen molar-refractivity contribution < 1.29 is 0 Å². The summed E-state index contributed by atoms with van der Waals surface area (Å²) in [7, 11) is 0. The van der Waals surface area contributed by atoms with Gasteiger partial charge < -0.3 is 0 Å². The van der Waals surface area contributed by atoms with E-state index in [2.05, 4.69) is 217 Å². The smallest absolute Gasteiger partial charge is 0.160 e. The van der Waals surface area contributed by atoms with E-state index in [4.69, 9.17) is 15.1 Å². The van der Waals surface area contributed by atoms with Gasteiger partial charge in [0.1, 0.15) is 5.69 Å². The van der Waals surface area contributed by atoms with Crippen molar-refractivity contribution in [3.8, 4) is 84.2 Å². The fourth-order valence-electron chi connectivity index (χ4n) is 8.37. The van der Waals surface area contributed by atoms with Crippen LogP contribution in [0.15, 0.2) is 231 Å². The molecule has 0 spiro atoms. The number of aromatic nitrogens is 4. The van der Waals surface area contributed by atoms with E-state index in [1.807, 2.05) is 18.2 Å². The quantitative estimate of drug-likeness (QED) is 0.154. The Hall–Kier alpha value is -8.21. The first-order chi connectivity index (χ1) is 30.2. The van der Waals surface area contributed by atoms with Gasteiger partial charge in [-0.25, -0.2) is 14.6 Å². The standard InChI is InChI=1S/C57H38N4/c1-5-15-39(16-6-1)41-25-29-44(30-26-41)52-38-53(59-57(58-52)47-35-27-42(28-36-47)40-17-7-2-8-18-40)45-31-33-46(34-32-45)55-54-51(43-19-9-3-10-20-43)37-48-21-13-14-24-50(48)56(54)61(60-55)49-22-11-4-12-23-49/h1-38H. The number of benzene rings is 9. The molecule has 0 saturated carbocycles. The molecule has 61 heavy (non-hydrogen) atoms. The monoisotopic (exact) mass is 778 g/mol. The Morgan fingerprint density at radius 3 is 1.31 bits per heavy atom. The van der Waals surface area contributed by atoms with E-state index >= 15 is 0 Å². The SMILES string of the molecule is c1ccc(-c2ccc(-c3cc(-c4ccc(-c5nn(-c6ccccc6)c6c5c(-c5ccccc5)cc5ccccc56)cc4)nc(-c4ccc(-c5ccccc5)cc4)n3)cc2)cc1. The van der Waals surface area contributed by atoms with Crippen molar-refractivity contribution in [1.29, 1.82) is 0 Å². The molecule has 0 bridgehead atoms. The van der Waals surface area contributed by atoms with Crippen molar-refractivity contribution in [3.05, 3.63) is 231 Å². The van der Waals surface area contributed by atoms with Crippen LogP contribution in [0.5, 0.6) is 0 Å². The normalized spacial score (nSPS) is 11.3. The highest BCUT2D eigenvalue weighted by Crippen LogP contribution is 2.42. The number of rotatable bonds is 8. The minimum absolute atomic E-state index is 0.676. The van der Waals surface area contributed by atoms with Crippen LogP contribution in [0.25, 0.3) is 106 Å². The fourth-order valence-corrected chi connectivity index (χ4v) is 8.37. The third kappa shape index (κ3) is 6.86. The van der Waals surface area contributed by atoms with Gasteiger partial charge in [-0.05, 0) is 63.0 Å². The first kappa shape index (κ1) is 35.9. The fraction of sp³-hybridized carbons (Fsp3) is 0. The van der Waals surface area contributed by atoms with Gasteiger partial charge in [0.25, 0.3) is 0 Å². The number of nitrogens with zero attached hydrogens (tertiary/aromatic N) is 4. The van der Waals surface area contributed by atoms with Gasteiger partial charge in [-0.1, -0.05) is 206 Å². The molecule has 0 aliphatic heterocycles. The zero-order valence-corrected chi connectivity index (χ0v) is 33.2. The zero-order valence-electron chi connectivity index (χ0n) is 33.2. The summed E-state index contributed by atoms with van der Waals surface area (Å²) in [6, 6.07) is 80.9. The number of para-hydroxylation sites is 1. The van der Waals surface area contributed by atoms with Crippen molar-refractivity contribution in [2.75, 3.05) is 0 Å². The first-order valence-electron chi connectivity index (χ1n) is 20.6. The maximum absolute atomic E-state index is 5.43. The largest absolute Gasteiger partial charge is 0.232 e. The molecule has 0 aliphatic rings. The van der Waals surface area contributed by atoms with Gasteiger partial charge in [0.2, 0.25) is 0 Å². The molecule has 0 saturated heterocycles. The summed E-state index contributed by atoms with van der Waals surface area (Å²) in [6.07, 6.45) is 0. The minimum Gasteiger partial charge on any atom is -0.232 e. The molecule has 4 heteroatoms. The molecule has 286 valence electrons. The predicted octanol–water partition coefficient (Wildman–Crippen LogP) is 14.6. The molecule has 9 aromatic carbocycles. The van der Waals surface area contributed by atoms with Crippen LogP contribution in [-0.2, 0) is 0 Å². The van der Waals surface area contributed by atoms with E-state index in [-0.39, 0.29) is 0 Å². The van der Waals surface area contributed by atoms with Gasteiger partial charge in [0.15, 0.2) is 5.82 Å². The Morgan fingerprint density at radius 2 is 0.754 bits per heavy atom. The van der Waals surface area contributed by atoms with Crippen LogP contribution in [0.2, 0.25) is 0 Å². The van der Waals surface area contributed by atoms with Gasteiger partial charge >= 0.3 is 0 Å². The Morgan fingerprint density at radius 1 is 0.328 bits per heavy atom. The molecule has 2 aromatic heterocycles. The molecule has 0 unspecified atom stereocenters. The van der Waals surface area contributed by atoms with Crippen LogP contribution in [0, 0.1) is 0 Å². The predicted molar refractivity (Wildman–Crippen MR) is 252 cm³/mol. The summed E-state index contributed by atoms with van der Waals surface area (Å²) in [5.41, 5.74) is 15.7. The first-order valence-corrected chi connectivity index (χ1v) is 20.6. The lowest BCUT2D eigenvalue weighted by Gasteiger charge is -2.12. The summed E-state index contributed by atoms with van der Waals surface area (Å²) < 4.78 is 2.11. The van der Waals surface area contributed by atoms with Crippen molar-refractivity contribution in [2.45, 2.75) is 0 Å². The third-order valence-corrected chi connectivity index (χ3v) is 11.5. The molecular weight excluding hydrogens is 741 g/mol. The Bertz CT molecular complexity index is 3190. The van der Waals surface area contributed by atoms with Crippen molar-refractivity contribution in [1.82, 2.24) is 19.7 Å². The van der Waals surface area contributed by atoms with Crippen LogP contribution < -0.4 is 0 Å². The van der Waals surface area contributed by atoms with Crippen molar-refractivity contribution in [3.63, 3.8) is 0 Å². The van der Waals surface area contributed by atoms with Gasteiger partial charge in [0, 0.05) is 33.0 Å². The second kappa shape index (κ2) is 15.5. The Balaban J connectivity index is 1.05. The van der Waals surface area contributed by atoms with Crippen LogP contribution >= 0.6 is 0 Å². The van der Waals surface area contributed by atoms with E-state index in [1.165, 1.54) is 16.5 Å². The van der Waals surface area contributed by atoms with E-state index in [0.29, 0.717) is 5.82 Å². The van der Waals surface area contributed by atoms with Gasteiger partial charge in [0.05, 0.1) is 22.6 Å². The lowest BCUT2D eigenvalue weighted by molar-refractivity contribution is 0.918. The Labute approximate surface area is 354 Å². The van der Waals surface area contributed by atoms with E-state index in [0.717, 1.165) is 83.6 Å². The average molecular weight is 779 g/mol. The van der Waals surface area contributed by atoms with Gasteiger partial charge in [-0.3, -0.25) is 0 Å². The topological polar surface area (TPSA) is 43.6 Å². The van der Waals surface area contributed by atoms with Crippen LogP contribution in [-0.4, -0.2) is 19.7 Å². The molecule has 0 N–H and O–H groups in total. The molecule has 0 radical (unpaired) electrons. The van der Waals surface area contributed by atoms with E-state index < -0.39 is 0 Å². The number of fused-ring (bicyclic) bond motifs is 3. The minimum atomic E-state index is 0.676. The van der Waals surface area contributed by atoms with Crippen LogP contribution in [0.1, 0.15) is 0 Å². The maximum Gasteiger partial charge on any atom is 0.160 e. The highest BCUT2D eigenvalue weighted by Gasteiger charge is 2.21. The molecule has 0 amide bonds. The number of hydrogen-bond donors (Lipinski definition) is 0. The molecule has 0 atom stereocenters. The van der Waals surface area contributed by atoms with Crippen molar-refractivity contribution >= 4 is 21.7 Å². The molecule has 11 rings (SSSR count). The summed E-state index contributed by atoms with van der Waals surface area (Å²) >= 11 is 0. The van der Waals surface area contributed by atoms with Gasteiger partial charge in [-0.2, -0.15) is 5.10 Å². The highest BCUT2D eigenvalue weighted by molar-refractivity contribution is 6.17. The maximum atomic E-state index is 5.43. The summed E-state index contributed by atoms with van der Waals surface area (Å²) in [5.74, 6) is 0.676. The second-order valence-corrected chi connectivity index (χ2v) is 15.3. The molecule has 0 fully saturated rings. The summed E-state index contributed by atoms with van der Waals surface area (Å²) in [6.45, 7) is 0. The number of hydrogen-bond acceptors (Lipinski definition) is 3. The Kier molecular flexibility index (Phi) is 9.14. The van der Waals surface area contributed by atoms with Crippen LogP contribution in [0.4, 0.5) is 0 Å². The lowest BCUT2D eigenvalue weighted by Crippen LogP contribution is -1.97. The molecule has 2 heterocycles. The second-order valence-electron chi connectivity index (χ2n) is 15.3. The lowest BCUT2D eigenvalue weighted by atomic mass is 9.93. The molecular formula is C57H38N4. The third-order valence-electron chi connectivity index (χ3n) is 11.5. The van der Waals surface area contributed by atoms with E-state index in [9.17, 15) is 0 Å². The molecule has 0 aliphatic carbocycles. The summed E-state index contributed by atoms with van der Waals surface area (Å²) in [5, 5.41) is 8.87. The van der Waals surface area contributed by atoms with Gasteiger partial charge in [-0.15, -0.1) is 0 Å². The van der Waals surface area contributed by atoms with Crippen molar-refractivity contribution in [2.24, 2.45) is 0 Å². The highest BCUT2D eigenvalue weighted by atomic mass is 15.3. The molecule has 11 aromatic rings. The van der Waals surface area contributed by atoms with E-state index in [1.54, 1.807) is 0 Å². The van der Waals surface area contributed by atoms with Crippen LogP contribution in [0.3, 0.4) is 0 Å².